The van der Waals surface area contributed by atoms with Crippen LogP contribution in [-0.4, -0.2) is 0 Å². The maximum atomic E-state index is 4.54. The summed E-state index contributed by atoms with van der Waals surface area (Å²) in [6, 6.07) is 0. The first kappa shape index (κ1) is 10.8. The van der Waals surface area contributed by atoms with E-state index in [1.54, 1.807) is 0 Å². The van der Waals surface area contributed by atoms with E-state index in [0.717, 1.165) is 5.92 Å². The van der Waals surface area contributed by atoms with Gasteiger partial charge >= 0.3 is 0 Å². The van der Waals surface area contributed by atoms with Crippen molar-refractivity contribution in [3.63, 3.8) is 0 Å². The van der Waals surface area contributed by atoms with Crippen molar-refractivity contribution in [2.75, 3.05) is 0 Å². The smallest absolute Gasteiger partial charge is 0.0464 e. The molecule has 1 fully saturated rings. The van der Waals surface area contributed by atoms with Crippen LogP contribution in [-0.2, 0) is 0 Å². The van der Waals surface area contributed by atoms with Gasteiger partial charge in [-0.25, -0.2) is 0 Å². The highest BCUT2D eigenvalue weighted by molar-refractivity contribution is 5.30. The summed E-state index contributed by atoms with van der Waals surface area (Å²) in [6.07, 6.45) is 15.4. The molecule has 0 unspecified atom stereocenters. The lowest BCUT2D eigenvalue weighted by Crippen LogP contribution is -2.10. The van der Waals surface area contributed by atoms with E-state index in [0.29, 0.717) is 0 Å². The van der Waals surface area contributed by atoms with E-state index in [-0.39, 0.29) is 0 Å². The van der Waals surface area contributed by atoms with Crippen LogP contribution in [0.2, 0.25) is 0 Å². The van der Waals surface area contributed by atoms with E-state index >= 15 is 0 Å². The molecule has 2 aliphatic rings. The summed E-state index contributed by atoms with van der Waals surface area (Å²) < 4.78 is 0. The Morgan fingerprint density at radius 2 is 1.60 bits per heavy atom. The summed E-state index contributed by atoms with van der Waals surface area (Å²) in [5, 5.41) is 4.54. The van der Waals surface area contributed by atoms with Crippen molar-refractivity contribution in [1.82, 2.24) is 5.32 Å². The molecule has 1 heterocycles. The van der Waals surface area contributed by atoms with Gasteiger partial charge in [-0.05, 0) is 31.4 Å². The molecular weight excluding hydrogens is 182 g/mol. The van der Waals surface area contributed by atoms with Crippen molar-refractivity contribution in [3.05, 3.63) is 23.5 Å². The van der Waals surface area contributed by atoms with Crippen LogP contribution in [0.3, 0.4) is 0 Å². The maximum Gasteiger partial charge on any atom is 0.0464 e. The van der Waals surface area contributed by atoms with Crippen molar-refractivity contribution in [2.24, 2.45) is 5.92 Å². The fourth-order valence-electron chi connectivity index (χ4n) is 2.75. The van der Waals surface area contributed by atoms with Gasteiger partial charge in [0, 0.05) is 17.8 Å². The van der Waals surface area contributed by atoms with Gasteiger partial charge in [-0.3, -0.25) is 5.32 Å². The standard InChI is InChI=1S/C14H22N/c1-12-10-11-15-14(12)13-8-6-4-2-3-5-7-9-13/h10-11,13H,2-9H2,1H3. The molecule has 1 saturated carbocycles. The van der Waals surface area contributed by atoms with E-state index in [4.69, 9.17) is 0 Å². The van der Waals surface area contributed by atoms with Gasteiger partial charge in [-0.2, -0.15) is 0 Å². The van der Waals surface area contributed by atoms with Gasteiger partial charge < -0.3 is 0 Å². The lowest BCUT2D eigenvalue weighted by Gasteiger charge is -2.17. The molecule has 0 aromatic rings. The molecule has 15 heavy (non-hydrogen) atoms. The lowest BCUT2D eigenvalue weighted by atomic mass is 9.92. The average molecular weight is 204 g/mol. The van der Waals surface area contributed by atoms with Gasteiger partial charge in [-0.1, -0.05) is 38.5 Å². The molecule has 0 atom stereocenters. The van der Waals surface area contributed by atoms with Gasteiger partial charge in [-0.15, -0.1) is 0 Å². The molecule has 0 spiro atoms. The summed E-state index contributed by atoms with van der Waals surface area (Å²) in [5.74, 6) is 0.748. The van der Waals surface area contributed by atoms with Crippen molar-refractivity contribution in [2.45, 2.75) is 58.3 Å². The summed E-state index contributed by atoms with van der Waals surface area (Å²) >= 11 is 0. The number of nitrogens with zero attached hydrogens (tertiary/aromatic N) is 1. The highest BCUT2D eigenvalue weighted by Crippen LogP contribution is 2.30. The molecule has 1 aliphatic heterocycles. The maximum absolute atomic E-state index is 4.54. The molecule has 2 rings (SSSR count). The molecule has 1 nitrogen and oxygen atoms in total. The number of rotatable bonds is 1. The SMILES string of the molecule is CC1=C(C2CCCCCCCC2)[N]C=C1. The monoisotopic (exact) mass is 204 g/mol. The second-order valence-corrected chi connectivity index (χ2v) is 4.91. The zero-order valence-corrected chi connectivity index (χ0v) is 9.84. The molecule has 1 heteroatoms. The number of hydrogen-bond acceptors (Lipinski definition) is 0. The van der Waals surface area contributed by atoms with Crippen LogP contribution in [0.1, 0.15) is 58.3 Å². The second-order valence-electron chi connectivity index (χ2n) is 4.91. The van der Waals surface area contributed by atoms with E-state index in [2.05, 4.69) is 18.3 Å². The predicted molar refractivity (Wildman–Crippen MR) is 64.4 cm³/mol. The van der Waals surface area contributed by atoms with Crippen LogP contribution in [0.15, 0.2) is 23.5 Å². The fourth-order valence-corrected chi connectivity index (χ4v) is 2.75. The largest absolute Gasteiger partial charge is 0.261 e. The van der Waals surface area contributed by atoms with E-state index < -0.39 is 0 Å². The first-order chi connectivity index (χ1) is 7.38. The zero-order chi connectivity index (χ0) is 10.5. The molecule has 0 bridgehead atoms. The van der Waals surface area contributed by atoms with Gasteiger partial charge in [0.1, 0.15) is 0 Å². The van der Waals surface area contributed by atoms with Gasteiger partial charge in [0.2, 0.25) is 0 Å². The molecule has 0 amide bonds. The second kappa shape index (κ2) is 5.39. The molecule has 0 aromatic carbocycles. The van der Waals surface area contributed by atoms with Crippen molar-refractivity contribution >= 4 is 0 Å². The van der Waals surface area contributed by atoms with Crippen LogP contribution in [0.4, 0.5) is 0 Å². The highest BCUT2D eigenvalue weighted by atomic mass is 14.9. The summed E-state index contributed by atoms with van der Waals surface area (Å²) in [6.45, 7) is 2.20. The molecule has 0 N–H and O–H groups in total. The topological polar surface area (TPSA) is 14.1 Å². The summed E-state index contributed by atoms with van der Waals surface area (Å²) in [4.78, 5) is 0. The first-order valence-electron chi connectivity index (χ1n) is 6.46. The third-order valence-electron chi connectivity index (χ3n) is 3.68. The Balaban J connectivity index is 1.96. The minimum atomic E-state index is 0.748. The van der Waals surface area contributed by atoms with Crippen molar-refractivity contribution in [3.8, 4) is 0 Å². The molecule has 1 radical (unpaired) electrons. The number of allylic oxidation sites excluding steroid dienone is 3. The Kier molecular flexibility index (Phi) is 3.87. The molecular formula is C14H22N. The minimum Gasteiger partial charge on any atom is -0.261 e. The van der Waals surface area contributed by atoms with E-state index in [9.17, 15) is 0 Å². The Morgan fingerprint density at radius 1 is 1.00 bits per heavy atom. The Hall–Kier alpha value is -0.720. The minimum absolute atomic E-state index is 0.748. The molecule has 1 aliphatic carbocycles. The third-order valence-corrected chi connectivity index (χ3v) is 3.68. The average Bonchev–Trinajstić information content (AvgIpc) is 2.68. The molecule has 83 valence electrons. The van der Waals surface area contributed by atoms with Crippen LogP contribution in [0.5, 0.6) is 0 Å². The molecule has 0 aromatic heterocycles. The predicted octanol–water partition coefficient (Wildman–Crippen LogP) is 4.14. The van der Waals surface area contributed by atoms with Crippen LogP contribution in [0, 0.1) is 5.92 Å². The van der Waals surface area contributed by atoms with Gasteiger partial charge in [0.15, 0.2) is 0 Å². The Morgan fingerprint density at radius 3 is 2.13 bits per heavy atom. The van der Waals surface area contributed by atoms with Gasteiger partial charge in [0.25, 0.3) is 0 Å². The quantitative estimate of drug-likeness (QED) is 0.609. The van der Waals surface area contributed by atoms with Crippen LogP contribution < -0.4 is 5.32 Å². The normalized spacial score (nSPS) is 24.6. The van der Waals surface area contributed by atoms with E-state index in [1.807, 2.05) is 6.20 Å². The number of hydrogen-bond donors (Lipinski definition) is 0. The van der Waals surface area contributed by atoms with Gasteiger partial charge in [0.05, 0.1) is 0 Å². The summed E-state index contributed by atoms with van der Waals surface area (Å²) in [7, 11) is 0. The fraction of sp³-hybridized carbons (Fsp3) is 0.714. The van der Waals surface area contributed by atoms with Crippen molar-refractivity contribution in [1.29, 1.82) is 0 Å². The third kappa shape index (κ3) is 2.87. The first-order valence-corrected chi connectivity index (χ1v) is 6.46. The highest BCUT2D eigenvalue weighted by Gasteiger charge is 2.19. The summed E-state index contributed by atoms with van der Waals surface area (Å²) in [5.41, 5.74) is 2.79. The van der Waals surface area contributed by atoms with Crippen LogP contribution >= 0.6 is 0 Å². The van der Waals surface area contributed by atoms with E-state index in [1.165, 1.54) is 62.6 Å². The Labute approximate surface area is 93.6 Å². The lowest BCUT2D eigenvalue weighted by molar-refractivity contribution is 0.469. The zero-order valence-electron chi connectivity index (χ0n) is 9.84. The Bertz CT molecular complexity index is 253. The van der Waals surface area contributed by atoms with Crippen molar-refractivity contribution < 1.29 is 0 Å². The molecule has 0 saturated heterocycles. The van der Waals surface area contributed by atoms with Crippen LogP contribution in [0.25, 0.3) is 0 Å².